The first-order valence-corrected chi connectivity index (χ1v) is 8.01. The van der Waals surface area contributed by atoms with E-state index in [9.17, 15) is 0 Å². The minimum atomic E-state index is -0.733. The van der Waals surface area contributed by atoms with Crippen LogP contribution in [-0.2, 0) is 0 Å². The highest BCUT2D eigenvalue weighted by atomic mass is 31.1. The Bertz CT molecular complexity index is 579. The van der Waals surface area contributed by atoms with Gasteiger partial charge in [0.05, 0.1) is 7.92 Å². The van der Waals surface area contributed by atoms with E-state index >= 15 is 0 Å². The van der Waals surface area contributed by atoms with Crippen molar-refractivity contribution in [1.82, 2.24) is 9.80 Å². The zero-order valence-corrected chi connectivity index (χ0v) is 13.1. The van der Waals surface area contributed by atoms with Crippen molar-refractivity contribution < 1.29 is 8.83 Å². The van der Waals surface area contributed by atoms with E-state index in [-0.39, 0.29) is 5.91 Å². The number of nitrogens with zero attached hydrogens (tertiary/aromatic N) is 2. The van der Waals surface area contributed by atoms with Crippen LogP contribution in [0.25, 0.3) is 0 Å². The Hall–Kier alpha value is -1.67. The van der Waals surface area contributed by atoms with E-state index in [1.54, 1.807) is 0 Å². The second kappa shape index (κ2) is 5.02. The molecule has 0 amide bonds. The van der Waals surface area contributed by atoms with Crippen molar-refractivity contribution in [1.29, 1.82) is 0 Å². The fraction of sp³-hybridized carbons (Fsp3) is 0.333. The molecule has 0 spiro atoms. The molecule has 0 fully saturated rings. The zero-order valence-electron chi connectivity index (χ0n) is 12.2. The van der Waals surface area contributed by atoms with Crippen LogP contribution in [-0.4, -0.2) is 29.8 Å². The van der Waals surface area contributed by atoms with Crippen LogP contribution in [0.15, 0.2) is 45.5 Å². The molecule has 0 bridgehead atoms. The van der Waals surface area contributed by atoms with Crippen LogP contribution in [0, 0.1) is 13.8 Å². The third-order valence-corrected chi connectivity index (χ3v) is 6.04. The Morgan fingerprint density at radius 2 is 1.30 bits per heavy atom. The van der Waals surface area contributed by atoms with Crippen molar-refractivity contribution in [2.45, 2.75) is 19.8 Å². The second-order valence-electron chi connectivity index (χ2n) is 5.11. The molecule has 0 radical (unpaired) electrons. The van der Waals surface area contributed by atoms with Crippen molar-refractivity contribution >= 4 is 18.9 Å². The lowest BCUT2D eigenvalue weighted by Gasteiger charge is -2.32. The quantitative estimate of drug-likeness (QED) is 0.813. The maximum absolute atomic E-state index is 5.91. The first-order valence-electron chi connectivity index (χ1n) is 6.60. The molecule has 0 saturated heterocycles. The molecule has 0 saturated carbocycles. The number of hydrogen-bond acceptors (Lipinski definition) is 4. The van der Waals surface area contributed by atoms with Gasteiger partial charge in [0, 0.05) is 26.5 Å². The summed E-state index contributed by atoms with van der Waals surface area (Å²) in [7, 11) is 3.44. The first-order chi connectivity index (χ1) is 9.56. The van der Waals surface area contributed by atoms with E-state index in [1.165, 1.54) is 0 Å². The summed E-state index contributed by atoms with van der Waals surface area (Å²) < 4.78 is 11.8. The molecular formula is C15H19N2O2P. The predicted octanol–water partition coefficient (Wildman–Crippen LogP) is 2.55. The van der Waals surface area contributed by atoms with Gasteiger partial charge in [-0.25, -0.2) is 0 Å². The standard InChI is InChI=1S/C15H19N2O2P/c1-11-5-7-13(18-11)20(14-8-6-12(2)19-14)15-16(3)9-10-17(15)4/h5-10,15H,1-4H3. The van der Waals surface area contributed by atoms with Crippen LogP contribution < -0.4 is 11.0 Å². The van der Waals surface area contributed by atoms with Gasteiger partial charge in [0.2, 0.25) is 0 Å². The summed E-state index contributed by atoms with van der Waals surface area (Å²) in [5.41, 5.74) is 2.00. The van der Waals surface area contributed by atoms with Gasteiger partial charge in [0.15, 0.2) is 0 Å². The third kappa shape index (κ3) is 2.25. The second-order valence-corrected chi connectivity index (χ2v) is 7.20. The predicted molar refractivity (Wildman–Crippen MR) is 81.5 cm³/mol. The molecule has 2 aromatic heterocycles. The summed E-state index contributed by atoms with van der Waals surface area (Å²) >= 11 is 0. The van der Waals surface area contributed by atoms with Crippen molar-refractivity contribution in [2.24, 2.45) is 0 Å². The minimum Gasteiger partial charge on any atom is -0.461 e. The Labute approximate surface area is 120 Å². The zero-order chi connectivity index (χ0) is 14.3. The molecule has 106 valence electrons. The molecule has 0 unspecified atom stereocenters. The van der Waals surface area contributed by atoms with Gasteiger partial charge < -0.3 is 18.6 Å². The van der Waals surface area contributed by atoms with Crippen LogP contribution in [0.4, 0.5) is 0 Å². The van der Waals surface area contributed by atoms with Crippen LogP contribution in [0.2, 0.25) is 0 Å². The van der Waals surface area contributed by atoms with Gasteiger partial charge in [0.1, 0.15) is 28.4 Å². The Morgan fingerprint density at radius 3 is 1.65 bits per heavy atom. The van der Waals surface area contributed by atoms with Crippen LogP contribution in [0.3, 0.4) is 0 Å². The summed E-state index contributed by atoms with van der Waals surface area (Å²) in [6.07, 6.45) is 4.18. The summed E-state index contributed by atoms with van der Waals surface area (Å²) in [5.74, 6) is 2.10. The molecule has 0 atom stereocenters. The van der Waals surface area contributed by atoms with Crippen molar-refractivity contribution in [3.63, 3.8) is 0 Å². The Kier molecular flexibility index (Phi) is 3.35. The number of furan rings is 2. The number of aryl methyl sites for hydroxylation is 2. The summed E-state index contributed by atoms with van der Waals surface area (Å²) in [5, 5.41) is 0. The van der Waals surface area contributed by atoms with Gasteiger partial charge in [-0.3, -0.25) is 0 Å². The van der Waals surface area contributed by atoms with Crippen LogP contribution in [0.1, 0.15) is 11.5 Å². The summed E-state index contributed by atoms with van der Waals surface area (Å²) in [6, 6.07) is 8.17. The number of rotatable bonds is 3. The highest BCUT2D eigenvalue weighted by Gasteiger charge is 2.36. The lowest BCUT2D eigenvalue weighted by Crippen LogP contribution is -2.37. The van der Waals surface area contributed by atoms with Gasteiger partial charge in [-0.15, -0.1) is 0 Å². The fourth-order valence-electron chi connectivity index (χ4n) is 2.45. The smallest absolute Gasteiger partial charge is 0.137 e. The van der Waals surface area contributed by atoms with Gasteiger partial charge in [-0.05, 0) is 38.1 Å². The van der Waals surface area contributed by atoms with E-state index in [0.717, 1.165) is 22.5 Å². The molecular weight excluding hydrogens is 271 g/mol. The molecule has 20 heavy (non-hydrogen) atoms. The molecule has 1 aliphatic heterocycles. The van der Waals surface area contributed by atoms with E-state index in [4.69, 9.17) is 8.83 Å². The van der Waals surface area contributed by atoms with E-state index < -0.39 is 7.92 Å². The third-order valence-electron chi connectivity index (χ3n) is 3.42. The summed E-state index contributed by atoms with van der Waals surface area (Å²) in [4.78, 5) is 4.42. The largest absolute Gasteiger partial charge is 0.461 e. The highest BCUT2D eigenvalue weighted by molar-refractivity contribution is 7.72. The SMILES string of the molecule is Cc1ccc(P(c2ccc(C)o2)C2N(C)C=CN2C)o1. The van der Waals surface area contributed by atoms with Gasteiger partial charge in [-0.1, -0.05) is 0 Å². The molecule has 0 aromatic carbocycles. The monoisotopic (exact) mass is 290 g/mol. The van der Waals surface area contributed by atoms with Gasteiger partial charge in [0.25, 0.3) is 0 Å². The van der Waals surface area contributed by atoms with Crippen molar-refractivity contribution in [3.05, 3.63) is 48.2 Å². The van der Waals surface area contributed by atoms with Crippen LogP contribution >= 0.6 is 7.92 Å². The van der Waals surface area contributed by atoms with E-state index in [2.05, 4.69) is 48.4 Å². The van der Waals surface area contributed by atoms with Crippen molar-refractivity contribution in [3.8, 4) is 0 Å². The van der Waals surface area contributed by atoms with Gasteiger partial charge >= 0.3 is 0 Å². The molecule has 3 rings (SSSR count). The van der Waals surface area contributed by atoms with E-state index in [1.807, 2.05) is 26.0 Å². The normalized spacial score (nSPS) is 15.8. The molecule has 0 N–H and O–H groups in total. The molecule has 4 nitrogen and oxygen atoms in total. The van der Waals surface area contributed by atoms with Crippen molar-refractivity contribution in [2.75, 3.05) is 14.1 Å². The molecule has 0 aliphatic carbocycles. The van der Waals surface area contributed by atoms with Crippen LogP contribution in [0.5, 0.6) is 0 Å². The summed E-state index contributed by atoms with van der Waals surface area (Å²) in [6.45, 7) is 3.95. The maximum atomic E-state index is 5.91. The lowest BCUT2D eigenvalue weighted by atomic mass is 10.5. The average Bonchev–Trinajstić information content (AvgIpc) is 3.08. The van der Waals surface area contributed by atoms with Gasteiger partial charge in [-0.2, -0.15) is 0 Å². The minimum absolute atomic E-state index is 0.223. The average molecular weight is 290 g/mol. The maximum Gasteiger partial charge on any atom is 0.137 e. The fourth-order valence-corrected chi connectivity index (χ4v) is 4.96. The molecule has 1 aliphatic rings. The Balaban J connectivity index is 2.04. The lowest BCUT2D eigenvalue weighted by molar-refractivity contribution is 0.295. The number of hydrogen-bond donors (Lipinski definition) is 0. The Morgan fingerprint density at radius 1 is 0.850 bits per heavy atom. The molecule has 2 aromatic rings. The highest BCUT2D eigenvalue weighted by Crippen LogP contribution is 2.44. The molecule has 3 heterocycles. The topological polar surface area (TPSA) is 32.8 Å². The molecule has 5 heteroatoms. The first kappa shape index (κ1) is 13.3. The van der Waals surface area contributed by atoms with E-state index in [0.29, 0.717) is 0 Å².